The molecule has 136 valence electrons. The number of hydrogen-bond acceptors (Lipinski definition) is 5. The molecule has 2 amide bonds. The fraction of sp³-hybridized carbons (Fsp3) is 0.222. The molecule has 0 aliphatic carbocycles. The number of aromatic nitrogens is 1. The van der Waals surface area contributed by atoms with Crippen molar-refractivity contribution < 1.29 is 23.9 Å². The van der Waals surface area contributed by atoms with E-state index in [1.165, 1.54) is 30.7 Å². The summed E-state index contributed by atoms with van der Waals surface area (Å²) < 4.78 is 6.44. The van der Waals surface area contributed by atoms with E-state index in [0.717, 1.165) is 0 Å². The predicted molar refractivity (Wildman–Crippen MR) is 95.1 cm³/mol. The third kappa shape index (κ3) is 5.04. The molecule has 8 heteroatoms. The van der Waals surface area contributed by atoms with E-state index in [-0.39, 0.29) is 17.4 Å². The van der Waals surface area contributed by atoms with Gasteiger partial charge in [-0.1, -0.05) is 6.07 Å². The summed E-state index contributed by atoms with van der Waals surface area (Å²) in [7, 11) is 1.61. The molecule has 0 radical (unpaired) electrons. The molecule has 1 aromatic heterocycles. The number of carbonyl (C=O) groups is 4. The molecule has 0 bridgehead atoms. The number of Topliss-reactive ketones (excluding diaryl/α,β-unsaturated/α-hetero) is 1. The van der Waals surface area contributed by atoms with Gasteiger partial charge in [0.1, 0.15) is 5.69 Å². The highest BCUT2D eigenvalue weighted by Gasteiger charge is 2.16. The molecule has 2 aromatic rings. The lowest BCUT2D eigenvalue weighted by Crippen LogP contribution is -2.21. The van der Waals surface area contributed by atoms with Crippen LogP contribution in [0.15, 0.2) is 36.5 Å². The Morgan fingerprint density at radius 3 is 2.27 bits per heavy atom. The number of ketones is 1. The van der Waals surface area contributed by atoms with E-state index in [1.807, 2.05) is 0 Å². The van der Waals surface area contributed by atoms with Gasteiger partial charge in [-0.3, -0.25) is 14.4 Å². The summed E-state index contributed by atoms with van der Waals surface area (Å²) in [5.74, 6) is -1.63. The Balaban J connectivity index is 1.93. The highest BCUT2D eigenvalue weighted by molar-refractivity contribution is 5.99. The monoisotopic (exact) mass is 357 g/mol. The van der Waals surface area contributed by atoms with Crippen LogP contribution < -0.4 is 10.6 Å². The Labute approximate surface area is 150 Å². The zero-order valence-electron chi connectivity index (χ0n) is 14.7. The van der Waals surface area contributed by atoms with Crippen LogP contribution in [0.5, 0.6) is 0 Å². The molecule has 1 aromatic carbocycles. The van der Waals surface area contributed by atoms with E-state index in [1.54, 1.807) is 31.3 Å². The summed E-state index contributed by atoms with van der Waals surface area (Å²) in [5.41, 5.74) is 1.55. The second-order valence-electron chi connectivity index (χ2n) is 5.67. The van der Waals surface area contributed by atoms with Crippen LogP contribution >= 0.6 is 0 Å². The molecular weight excluding hydrogens is 338 g/mol. The van der Waals surface area contributed by atoms with Crippen LogP contribution in [0, 0.1) is 0 Å². The number of aryl methyl sites for hydroxylation is 1. The number of rotatable bonds is 6. The number of anilines is 2. The van der Waals surface area contributed by atoms with Gasteiger partial charge in [-0.2, -0.15) is 0 Å². The molecule has 0 aliphatic rings. The fourth-order valence-corrected chi connectivity index (χ4v) is 2.24. The first kappa shape index (κ1) is 18.9. The molecule has 0 saturated carbocycles. The van der Waals surface area contributed by atoms with E-state index >= 15 is 0 Å². The summed E-state index contributed by atoms with van der Waals surface area (Å²) >= 11 is 0. The van der Waals surface area contributed by atoms with Crippen molar-refractivity contribution in [1.82, 2.24) is 4.57 Å². The van der Waals surface area contributed by atoms with Crippen LogP contribution in [0.25, 0.3) is 0 Å². The zero-order chi connectivity index (χ0) is 19.3. The number of benzene rings is 1. The topological polar surface area (TPSA) is 106 Å². The van der Waals surface area contributed by atoms with Crippen molar-refractivity contribution in [3.05, 3.63) is 47.8 Å². The molecule has 0 atom stereocenters. The average molecular weight is 357 g/mol. The standard InChI is InChI=1S/C18H19N3O5/c1-11(22)13-7-16(21(3)9-13)18(25)26-10-17(24)20-15-6-4-5-14(8-15)19-12(2)23/h4-9H,10H2,1-3H3,(H,19,23)(H,20,24). The molecule has 26 heavy (non-hydrogen) atoms. The van der Waals surface area contributed by atoms with Gasteiger partial charge in [0.15, 0.2) is 12.4 Å². The van der Waals surface area contributed by atoms with Crippen molar-refractivity contribution in [2.24, 2.45) is 7.05 Å². The van der Waals surface area contributed by atoms with Gasteiger partial charge in [0, 0.05) is 37.1 Å². The Kier molecular flexibility index (Phi) is 5.90. The lowest BCUT2D eigenvalue weighted by Gasteiger charge is -2.08. The minimum atomic E-state index is -0.706. The first-order valence-corrected chi connectivity index (χ1v) is 7.78. The first-order valence-electron chi connectivity index (χ1n) is 7.78. The van der Waals surface area contributed by atoms with E-state index < -0.39 is 18.5 Å². The largest absolute Gasteiger partial charge is 0.451 e. The van der Waals surface area contributed by atoms with Crippen molar-refractivity contribution >= 4 is 34.9 Å². The molecular formula is C18H19N3O5. The SMILES string of the molecule is CC(=O)Nc1cccc(NC(=O)COC(=O)c2cc(C(C)=O)cn2C)c1. The van der Waals surface area contributed by atoms with Gasteiger partial charge in [0.25, 0.3) is 5.91 Å². The molecule has 1 heterocycles. The highest BCUT2D eigenvalue weighted by Crippen LogP contribution is 2.15. The molecule has 0 saturated heterocycles. The Morgan fingerprint density at radius 1 is 1.04 bits per heavy atom. The third-order valence-electron chi connectivity index (χ3n) is 3.42. The second kappa shape index (κ2) is 8.11. The fourth-order valence-electron chi connectivity index (χ4n) is 2.24. The second-order valence-corrected chi connectivity index (χ2v) is 5.67. The number of nitrogens with zero attached hydrogens (tertiary/aromatic N) is 1. The minimum absolute atomic E-state index is 0.170. The molecule has 0 fully saturated rings. The Morgan fingerprint density at radius 2 is 1.69 bits per heavy atom. The van der Waals surface area contributed by atoms with Gasteiger partial charge < -0.3 is 19.9 Å². The molecule has 0 unspecified atom stereocenters. The maximum atomic E-state index is 12.1. The smallest absolute Gasteiger partial charge is 0.355 e. The van der Waals surface area contributed by atoms with Crippen LogP contribution in [0.3, 0.4) is 0 Å². The Hall–Kier alpha value is -3.42. The van der Waals surface area contributed by atoms with Crippen molar-refractivity contribution in [1.29, 1.82) is 0 Å². The van der Waals surface area contributed by atoms with Crippen LogP contribution in [0.2, 0.25) is 0 Å². The summed E-state index contributed by atoms with van der Waals surface area (Å²) in [5, 5.41) is 5.17. The molecule has 2 N–H and O–H groups in total. The van der Waals surface area contributed by atoms with Crippen molar-refractivity contribution in [2.75, 3.05) is 17.2 Å². The number of esters is 1. The van der Waals surface area contributed by atoms with Crippen LogP contribution in [-0.4, -0.2) is 34.7 Å². The molecule has 8 nitrogen and oxygen atoms in total. The maximum Gasteiger partial charge on any atom is 0.355 e. The van der Waals surface area contributed by atoms with Crippen LogP contribution in [0.4, 0.5) is 11.4 Å². The number of hydrogen-bond donors (Lipinski definition) is 2. The zero-order valence-corrected chi connectivity index (χ0v) is 14.7. The number of carbonyl (C=O) groups excluding carboxylic acids is 4. The Bertz CT molecular complexity index is 869. The van der Waals surface area contributed by atoms with E-state index in [4.69, 9.17) is 4.74 Å². The highest BCUT2D eigenvalue weighted by atomic mass is 16.5. The van der Waals surface area contributed by atoms with E-state index in [2.05, 4.69) is 10.6 Å². The number of amides is 2. The van der Waals surface area contributed by atoms with Gasteiger partial charge in [-0.15, -0.1) is 0 Å². The normalized spacial score (nSPS) is 10.1. The van der Waals surface area contributed by atoms with Gasteiger partial charge in [-0.05, 0) is 31.2 Å². The average Bonchev–Trinajstić information content (AvgIpc) is 2.94. The molecule has 0 spiro atoms. The third-order valence-corrected chi connectivity index (χ3v) is 3.42. The summed E-state index contributed by atoms with van der Waals surface area (Å²) in [6, 6.07) is 7.98. The molecule has 0 aliphatic heterocycles. The van der Waals surface area contributed by atoms with Gasteiger partial charge in [0.2, 0.25) is 5.91 Å². The summed E-state index contributed by atoms with van der Waals surface area (Å²) in [4.78, 5) is 46.4. The quantitative estimate of drug-likeness (QED) is 0.607. The summed E-state index contributed by atoms with van der Waals surface area (Å²) in [6.07, 6.45) is 1.52. The van der Waals surface area contributed by atoms with Gasteiger partial charge in [-0.25, -0.2) is 4.79 Å². The van der Waals surface area contributed by atoms with Crippen molar-refractivity contribution in [3.8, 4) is 0 Å². The number of nitrogens with one attached hydrogen (secondary N) is 2. The van der Waals surface area contributed by atoms with E-state index in [9.17, 15) is 19.2 Å². The van der Waals surface area contributed by atoms with Gasteiger partial charge >= 0.3 is 5.97 Å². The van der Waals surface area contributed by atoms with Gasteiger partial charge in [0.05, 0.1) is 0 Å². The van der Waals surface area contributed by atoms with E-state index in [0.29, 0.717) is 16.9 Å². The van der Waals surface area contributed by atoms with Crippen molar-refractivity contribution in [3.63, 3.8) is 0 Å². The molecule has 2 rings (SSSR count). The predicted octanol–water partition coefficient (Wildman–Crippen LogP) is 1.98. The lowest BCUT2D eigenvalue weighted by molar-refractivity contribution is -0.119. The summed E-state index contributed by atoms with van der Waals surface area (Å²) in [6.45, 7) is 2.29. The minimum Gasteiger partial charge on any atom is -0.451 e. The lowest BCUT2D eigenvalue weighted by atomic mass is 10.2. The van der Waals surface area contributed by atoms with Crippen LogP contribution in [-0.2, 0) is 21.4 Å². The van der Waals surface area contributed by atoms with Crippen molar-refractivity contribution in [2.45, 2.75) is 13.8 Å². The van der Waals surface area contributed by atoms with Crippen LogP contribution in [0.1, 0.15) is 34.7 Å². The first-order chi connectivity index (χ1) is 12.3. The maximum absolute atomic E-state index is 12.1. The number of ether oxygens (including phenoxy) is 1.